The summed E-state index contributed by atoms with van der Waals surface area (Å²) in [6.07, 6.45) is 1.89. The van der Waals surface area contributed by atoms with Gasteiger partial charge in [0.1, 0.15) is 5.75 Å². The van der Waals surface area contributed by atoms with Gasteiger partial charge in [-0.3, -0.25) is 9.48 Å². The van der Waals surface area contributed by atoms with Crippen LogP contribution in [0.2, 0.25) is 0 Å². The number of aromatic nitrogens is 3. The minimum Gasteiger partial charge on any atom is -0.496 e. The van der Waals surface area contributed by atoms with Crippen LogP contribution in [0.1, 0.15) is 11.3 Å². The van der Waals surface area contributed by atoms with Crippen molar-refractivity contribution in [3.63, 3.8) is 0 Å². The first-order valence-corrected chi connectivity index (χ1v) is 7.29. The largest absolute Gasteiger partial charge is 0.496 e. The second-order valence-electron chi connectivity index (χ2n) is 5.34. The summed E-state index contributed by atoms with van der Waals surface area (Å²) in [5, 5.41) is 8.14. The minimum absolute atomic E-state index is 0.114. The fraction of sp³-hybridized carbons (Fsp3) is 0.235. The monoisotopic (exact) mass is 310 g/mol. The number of methoxy groups -OCH3 is 1. The standard InChI is InChI=1S/C17H18N4O2/c1-11-14-9-13(10-18-17(14)21(2)20-11)19-16(22)8-12-6-4-5-7-15(12)23-3/h4-7,9-10H,8H2,1-3H3,(H,19,22). The van der Waals surface area contributed by atoms with Gasteiger partial charge in [-0.2, -0.15) is 5.10 Å². The van der Waals surface area contributed by atoms with Crippen molar-refractivity contribution in [1.29, 1.82) is 0 Å². The lowest BCUT2D eigenvalue weighted by molar-refractivity contribution is -0.115. The fourth-order valence-electron chi connectivity index (χ4n) is 2.60. The number of nitrogens with zero attached hydrogens (tertiary/aromatic N) is 3. The number of hydrogen-bond acceptors (Lipinski definition) is 4. The molecule has 1 N–H and O–H groups in total. The number of benzene rings is 1. The molecule has 23 heavy (non-hydrogen) atoms. The average molecular weight is 310 g/mol. The van der Waals surface area contributed by atoms with Crippen LogP contribution in [-0.4, -0.2) is 27.8 Å². The van der Waals surface area contributed by atoms with Gasteiger partial charge >= 0.3 is 0 Å². The first-order valence-electron chi connectivity index (χ1n) is 7.29. The molecular weight excluding hydrogens is 292 g/mol. The van der Waals surface area contributed by atoms with E-state index in [0.717, 1.165) is 22.3 Å². The number of carbonyl (C=O) groups excluding carboxylic acids is 1. The highest BCUT2D eigenvalue weighted by atomic mass is 16.5. The number of rotatable bonds is 4. The molecule has 0 aliphatic rings. The summed E-state index contributed by atoms with van der Waals surface area (Å²) in [4.78, 5) is 16.6. The Morgan fingerprint density at radius 3 is 2.91 bits per heavy atom. The molecule has 0 unspecified atom stereocenters. The zero-order valence-corrected chi connectivity index (χ0v) is 13.3. The number of aryl methyl sites for hydroxylation is 2. The highest BCUT2D eigenvalue weighted by molar-refractivity contribution is 5.94. The van der Waals surface area contributed by atoms with Gasteiger partial charge in [-0.1, -0.05) is 18.2 Å². The van der Waals surface area contributed by atoms with E-state index < -0.39 is 0 Å². The lowest BCUT2D eigenvalue weighted by Gasteiger charge is -2.09. The summed E-state index contributed by atoms with van der Waals surface area (Å²) in [6.45, 7) is 1.92. The number of hydrogen-bond donors (Lipinski definition) is 1. The minimum atomic E-state index is -0.114. The Morgan fingerprint density at radius 1 is 1.35 bits per heavy atom. The van der Waals surface area contributed by atoms with E-state index in [4.69, 9.17) is 4.74 Å². The van der Waals surface area contributed by atoms with Crippen LogP contribution in [0.5, 0.6) is 5.75 Å². The van der Waals surface area contributed by atoms with Gasteiger partial charge in [-0.15, -0.1) is 0 Å². The van der Waals surface area contributed by atoms with E-state index in [0.29, 0.717) is 11.4 Å². The Morgan fingerprint density at radius 2 is 2.13 bits per heavy atom. The van der Waals surface area contributed by atoms with E-state index in [9.17, 15) is 4.79 Å². The molecule has 3 rings (SSSR count). The Kier molecular flexibility index (Phi) is 3.97. The van der Waals surface area contributed by atoms with Crippen LogP contribution in [0.3, 0.4) is 0 Å². The first kappa shape index (κ1) is 15.0. The summed E-state index contributed by atoms with van der Waals surface area (Å²) in [7, 11) is 3.45. The summed E-state index contributed by atoms with van der Waals surface area (Å²) < 4.78 is 7.00. The molecule has 0 aliphatic carbocycles. The van der Waals surface area contributed by atoms with Crippen LogP contribution >= 0.6 is 0 Å². The first-order chi connectivity index (χ1) is 11.1. The molecule has 0 saturated carbocycles. The van der Waals surface area contributed by atoms with E-state index in [2.05, 4.69) is 15.4 Å². The number of para-hydroxylation sites is 1. The fourth-order valence-corrected chi connectivity index (χ4v) is 2.60. The number of amides is 1. The molecule has 118 valence electrons. The third-order valence-electron chi connectivity index (χ3n) is 3.69. The number of fused-ring (bicyclic) bond motifs is 1. The molecule has 6 heteroatoms. The van der Waals surface area contributed by atoms with Crippen molar-refractivity contribution in [2.24, 2.45) is 7.05 Å². The molecule has 3 aromatic rings. The van der Waals surface area contributed by atoms with Gasteiger partial charge in [0.15, 0.2) is 5.65 Å². The predicted molar refractivity (Wildman–Crippen MR) is 88.6 cm³/mol. The Hall–Kier alpha value is -2.89. The zero-order valence-electron chi connectivity index (χ0n) is 13.3. The van der Waals surface area contributed by atoms with Crippen molar-refractivity contribution in [3.05, 3.63) is 47.8 Å². The van der Waals surface area contributed by atoms with Crippen LogP contribution in [0.25, 0.3) is 11.0 Å². The van der Waals surface area contributed by atoms with Gasteiger partial charge in [-0.25, -0.2) is 4.98 Å². The van der Waals surface area contributed by atoms with E-state index in [1.54, 1.807) is 18.0 Å². The third kappa shape index (κ3) is 3.01. The van der Waals surface area contributed by atoms with Gasteiger partial charge in [0.2, 0.25) is 5.91 Å². The van der Waals surface area contributed by atoms with Crippen LogP contribution in [0.15, 0.2) is 36.5 Å². The summed E-state index contributed by atoms with van der Waals surface area (Å²) in [6, 6.07) is 9.38. The maximum atomic E-state index is 12.3. The van der Waals surface area contributed by atoms with Gasteiger partial charge in [0, 0.05) is 18.0 Å². The molecule has 0 bridgehead atoms. The highest BCUT2D eigenvalue weighted by Crippen LogP contribution is 2.21. The predicted octanol–water partition coefficient (Wildman–Crippen LogP) is 2.47. The maximum absolute atomic E-state index is 12.3. The molecule has 6 nitrogen and oxygen atoms in total. The van der Waals surface area contributed by atoms with Crippen LogP contribution < -0.4 is 10.1 Å². The van der Waals surface area contributed by atoms with Crippen molar-refractivity contribution in [3.8, 4) is 5.75 Å². The highest BCUT2D eigenvalue weighted by Gasteiger charge is 2.11. The normalized spacial score (nSPS) is 10.7. The molecule has 0 aliphatic heterocycles. The maximum Gasteiger partial charge on any atom is 0.228 e. The number of nitrogens with one attached hydrogen (secondary N) is 1. The summed E-state index contributed by atoms with van der Waals surface area (Å²) in [5.74, 6) is 0.594. The Bertz CT molecular complexity index is 870. The quantitative estimate of drug-likeness (QED) is 0.803. The SMILES string of the molecule is COc1ccccc1CC(=O)Nc1cnc2c(c1)c(C)nn2C. The second kappa shape index (κ2) is 6.08. The molecule has 0 saturated heterocycles. The number of pyridine rings is 1. The average Bonchev–Trinajstić information content (AvgIpc) is 2.82. The van der Waals surface area contributed by atoms with Crippen LogP contribution in [0, 0.1) is 6.92 Å². The number of ether oxygens (including phenoxy) is 1. The molecule has 2 aromatic heterocycles. The molecule has 2 heterocycles. The topological polar surface area (TPSA) is 69.0 Å². The molecule has 1 amide bonds. The molecule has 0 radical (unpaired) electrons. The van der Waals surface area contributed by atoms with Crippen molar-refractivity contribution in [2.75, 3.05) is 12.4 Å². The van der Waals surface area contributed by atoms with Crippen molar-refractivity contribution in [2.45, 2.75) is 13.3 Å². The van der Waals surface area contributed by atoms with E-state index >= 15 is 0 Å². The Labute approximate surface area is 134 Å². The second-order valence-corrected chi connectivity index (χ2v) is 5.34. The molecule has 0 spiro atoms. The third-order valence-corrected chi connectivity index (χ3v) is 3.69. The van der Waals surface area contributed by atoms with E-state index in [1.807, 2.05) is 44.3 Å². The van der Waals surface area contributed by atoms with Gasteiger partial charge in [0.25, 0.3) is 0 Å². The lowest BCUT2D eigenvalue weighted by atomic mass is 10.1. The molecular formula is C17H18N4O2. The molecule has 0 atom stereocenters. The Balaban J connectivity index is 1.79. The van der Waals surface area contributed by atoms with Gasteiger partial charge in [0.05, 0.1) is 31.1 Å². The summed E-state index contributed by atoms with van der Waals surface area (Å²) in [5.41, 5.74) is 3.19. The van der Waals surface area contributed by atoms with Gasteiger partial charge < -0.3 is 10.1 Å². The van der Waals surface area contributed by atoms with Crippen LogP contribution in [0.4, 0.5) is 5.69 Å². The molecule has 0 fully saturated rings. The summed E-state index contributed by atoms with van der Waals surface area (Å²) >= 11 is 0. The lowest BCUT2D eigenvalue weighted by Crippen LogP contribution is -2.15. The number of anilines is 1. The van der Waals surface area contributed by atoms with Gasteiger partial charge in [-0.05, 0) is 19.1 Å². The molecule has 1 aromatic carbocycles. The van der Waals surface area contributed by atoms with Crippen molar-refractivity contribution < 1.29 is 9.53 Å². The smallest absolute Gasteiger partial charge is 0.228 e. The van der Waals surface area contributed by atoms with Crippen molar-refractivity contribution >= 4 is 22.6 Å². The van der Waals surface area contributed by atoms with Crippen molar-refractivity contribution in [1.82, 2.24) is 14.8 Å². The van der Waals surface area contributed by atoms with Crippen LogP contribution in [-0.2, 0) is 18.3 Å². The van der Waals surface area contributed by atoms with E-state index in [-0.39, 0.29) is 12.3 Å². The number of carbonyl (C=O) groups is 1. The van der Waals surface area contributed by atoms with E-state index in [1.165, 1.54) is 0 Å². The zero-order chi connectivity index (χ0) is 16.4.